The molecule has 2 heterocycles. The van der Waals surface area contributed by atoms with Gasteiger partial charge in [0.2, 0.25) is 6.79 Å². The number of hydrogen-bond acceptors (Lipinski definition) is 6. The Hall–Kier alpha value is -3.74. The summed E-state index contributed by atoms with van der Waals surface area (Å²) in [5.41, 5.74) is 2.36. The van der Waals surface area contributed by atoms with Gasteiger partial charge in [-0.05, 0) is 36.4 Å². The number of aromatic nitrogens is 1. The van der Waals surface area contributed by atoms with E-state index in [1.54, 1.807) is 37.6 Å². The van der Waals surface area contributed by atoms with Crippen molar-refractivity contribution < 1.29 is 19.0 Å². The third-order valence-corrected chi connectivity index (χ3v) is 4.32. The van der Waals surface area contributed by atoms with E-state index in [2.05, 4.69) is 15.6 Å². The van der Waals surface area contributed by atoms with Gasteiger partial charge in [0.25, 0.3) is 5.91 Å². The van der Waals surface area contributed by atoms with Crippen LogP contribution in [0.25, 0.3) is 0 Å². The van der Waals surface area contributed by atoms with E-state index in [1.807, 2.05) is 30.3 Å². The Morgan fingerprint density at radius 2 is 1.96 bits per heavy atom. The molecule has 0 spiro atoms. The van der Waals surface area contributed by atoms with E-state index < -0.39 is 0 Å². The smallest absolute Gasteiger partial charge is 0.256 e. The Kier molecular flexibility index (Phi) is 4.97. The number of para-hydroxylation sites is 1. The van der Waals surface area contributed by atoms with Crippen LogP contribution in [-0.4, -0.2) is 24.8 Å². The van der Waals surface area contributed by atoms with Crippen molar-refractivity contribution in [2.24, 2.45) is 0 Å². The van der Waals surface area contributed by atoms with E-state index >= 15 is 0 Å². The lowest BCUT2D eigenvalue weighted by Gasteiger charge is -2.11. The zero-order valence-electron chi connectivity index (χ0n) is 15.3. The first kappa shape index (κ1) is 17.7. The molecule has 0 saturated heterocycles. The molecule has 1 aliphatic heterocycles. The molecule has 3 aromatic rings. The molecule has 1 aromatic heterocycles. The second-order valence-electron chi connectivity index (χ2n) is 6.12. The first-order valence-electron chi connectivity index (χ1n) is 8.76. The van der Waals surface area contributed by atoms with Crippen LogP contribution in [0.1, 0.15) is 15.9 Å². The highest BCUT2D eigenvalue weighted by Gasteiger charge is 2.16. The predicted octanol–water partition coefficient (Wildman–Crippen LogP) is 3.68. The number of anilines is 2. The van der Waals surface area contributed by atoms with Gasteiger partial charge in [-0.25, -0.2) is 4.98 Å². The van der Waals surface area contributed by atoms with E-state index in [1.165, 1.54) is 0 Å². The fourth-order valence-corrected chi connectivity index (χ4v) is 2.84. The Balaban J connectivity index is 1.37. The molecule has 7 heteroatoms. The van der Waals surface area contributed by atoms with Crippen LogP contribution >= 0.6 is 0 Å². The van der Waals surface area contributed by atoms with Gasteiger partial charge < -0.3 is 24.8 Å². The third kappa shape index (κ3) is 3.83. The summed E-state index contributed by atoms with van der Waals surface area (Å²) in [7, 11) is 1.65. The van der Waals surface area contributed by atoms with Crippen LogP contribution in [0.5, 0.6) is 17.2 Å². The maximum Gasteiger partial charge on any atom is 0.256 e. The zero-order chi connectivity index (χ0) is 19.3. The molecule has 28 heavy (non-hydrogen) atoms. The van der Waals surface area contributed by atoms with Crippen LogP contribution in [0.3, 0.4) is 0 Å². The van der Waals surface area contributed by atoms with E-state index in [0.29, 0.717) is 29.4 Å². The molecule has 0 saturated carbocycles. The van der Waals surface area contributed by atoms with E-state index in [4.69, 9.17) is 14.2 Å². The van der Waals surface area contributed by atoms with Crippen LogP contribution in [0.2, 0.25) is 0 Å². The van der Waals surface area contributed by atoms with Crippen molar-refractivity contribution in [2.45, 2.75) is 6.54 Å². The Morgan fingerprint density at radius 1 is 1.11 bits per heavy atom. The fourth-order valence-electron chi connectivity index (χ4n) is 2.84. The van der Waals surface area contributed by atoms with Crippen LogP contribution in [0.15, 0.2) is 60.8 Å². The lowest BCUT2D eigenvalue weighted by Crippen LogP contribution is -2.13. The van der Waals surface area contributed by atoms with Gasteiger partial charge in [0.15, 0.2) is 11.5 Å². The summed E-state index contributed by atoms with van der Waals surface area (Å²) in [6.07, 6.45) is 1.67. The SMILES string of the molecule is COc1ccccc1CNc1ccc(NC(=O)c2ccc3c(c2)OCO3)nc1. The van der Waals surface area contributed by atoms with Crippen molar-refractivity contribution in [3.63, 3.8) is 0 Å². The molecule has 2 aromatic carbocycles. The number of carbonyl (C=O) groups is 1. The number of fused-ring (bicyclic) bond motifs is 1. The molecule has 1 aliphatic rings. The summed E-state index contributed by atoms with van der Waals surface area (Å²) < 4.78 is 15.9. The van der Waals surface area contributed by atoms with Gasteiger partial charge in [0, 0.05) is 17.7 Å². The van der Waals surface area contributed by atoms with Crippen LogP contribution in [0, 0.1) is 0 Å². The number of hydrogen-bond donors (Lipinski definition) is 2. The number of rotatable bonds is 6. The molecular formula is C21H19N3O4. The van der Waals surface area contributed by atoms with E-state index in [9.17, 15) is 4.79 Å². The first-order chi connectivity index (χ1) is 13.7. The number of amides is 1. The molecule has 0 fully saturated rings. The highest BCUT2D eigenvalue weighted by atomic mass is 16.7. The standard InChI is InChI=1S/C21H19N3O4/c1-26-17-5-3-2-4-15(17)11-22-16-7-9-20(23-12-16)24-21(25)14-6-8-18-19(10-14)28-13-27-18/h2-10,12,22H,11,13H2,1H3,(H,23,24,25). The summed E-state index contributed by atoms with van der Waals surface area (Å²) >= 11 is 0. The van der Waals surface area contributed by atoms with Gasteiger partial charge in [0.05, 0.1) is 19.0 Å². The summed E-state index contributed by atoms with van der Waals surface area (Å²) in [6, 6.07) is 16.5. The number of methoxy groups -OCH3 is 1. The largest absolute Gasteiger partial charge is 0.496 e. The van der Waals surface area contributed by atoms with E-state index in [-0.39, 0.29) is 12.7 Å². The van der Waals surface area contributed by atoms with Crippen molar-refractivity contribution in [3.05, 3.63) is 71.9 Å². The highest BCUT2D eigenvalue weighted by molar-refractivity contribution is 6.04. The Labute approximate surface area is 162 Å². The molecule has 1 amide bonds. The number of nitrogens with one attached hydrogen (secondary N) is 2. The summed E-state index contributed by atoms with van der Waals surface area (Å²) in [6.45, 7) is 0.778. The Bertz CT molecular complexity index is 989. The number of nitrogens with zero attached hydrogens (tertiary/aromatic N) is 1. The van der Waals surface area contributed by atoms with Gasteiger partial charge in [-0.2, -0.15) is 0 Å². The first-order valence-corrected chi connectivity index (χ1v) is 8.76. The molecule has 0 aliphatic carbocycles. The molecule has 0 unspecified atom stereocenters. The number of carbonyl (C=O) groups excluding carboxylic acids is 1. The number of pyridine rings is 1. The zero-order valence-corrected chi connectivity index (χ0v) is 15.3. The van der Waals surface area contributed by atoms with Crippen molar-refractivity contribution >= 4 is 17.4 Å². The molecular weight excluding hydrogens is 358 g/mol. The molecule has 0 atom stereocenters. The molecule has 142 valence electrons. The summed E-state index contributed by atoms with van der Waals surface area (Å²) in [4.78, 5) is 16.7. The van der Waals surface area contributed by atoms with Gasteiger partial charge in [0.1, 0.15) is 11.6 Å². The fraction of sp³-hybridized carbons (Fsp3) is 0.143. The predicted molar refractivity (Wildman–Crippen MR) is 105 cm³/mol. The van der Waals surface area contributed by atoms with Crippen molar-refractivity contribution in [1.82, 2.24) is 4.98 Å². The minimum atomic E-state index is -0.263. The van der Waals surface area contributed by atoms with Gasteiger partial charge in [-0.15, -0.1) is 0 Å². The topological polar surface area (TPSA) is 81.7 Å². The highest BCUT2D eigenvalue weighted by Crippen LogP contribution is 2.32. The minimum absolute atomic E-state index is 0.172. The van der Waals surface area contributed by atoms with Gasteiger partial charge >= 0.3 is 0 Å². The molecule has 0 radical (unpaired) electrons. The van der Waals surface area contributed by atoms with Crippen molar-refractivity contribution in [2.75, 3.05) is 24.5 Å². The molecule has 0 bridgehead atoms. The van der Waals surface area contributed by atoms with Crippen molar-refractivity contribution in [3.8, 4) is 17.2 Å². The van der Waals surface area contributed by atoms with Crippen LogP contribution < -0.4 is 24.8 Å². The van der Waals surface area contributed by atoms with Crippen LogP contribution in [0.4, 0.5) is 11.5 Å². The van der Waals surface area contributed by atoms with E-state index in [0.717, 1.165) is 17.0 Å². The van der Waals surface area contributed by atoms with Crippen LogP contribution in [-0.2, 0) is 6.54 Å². The maximum absolute atomic E-state index is 12.4. The number of benzene rings is 2. The van der Waals surface area contributed by atoms with Gasteiger partial charge in [-0.1, -0.05) is 18.2 Å². The quantitative estimate of drug-likeness (QED) is 0.682. The summed E-state index contributed by atoms with van der Waals surface area (Å²) in [5, 5.41) is 6.06. The van der Waals surface area contributed by atoms with Gasteiger partial charge in [-0.3, -0.25) is 4.79 Å². The Morgan fingerprint density at radius 3 is 2.79 bits per heavy atom. The lowest BCUT2D eigenvalue weighted by atomic mass is 10.2. The second-order valence-corrected chi connectivity index (χ2v) is 6.12. The average Bonchev–Trinajstić information content (AvgIpc) is 3.21. The monoisotopic (exact) mass is 377 g/mol. The van der Waals surface area contributed by atoms with Crippen molar-refractivity contribution in [1.29, 1.82) is 0 Å². The minimum Gasteiger partial charge on any atom is -0.496 e. The number of ether oxygens (including phenoxy) is 3. The maximum atomic E-state index is 12.4. The molecule has 7 nitrogen and oxygen atoms in total. The normalized spacial score (nSPS) is 11.8. The lowest BCUT2D eigenvalue weighted by molar-refractivity contribution is 0.102. The second kappa shape index (κ2) is 7.87. The average molecular weight is 377 g/mol. The third-order valence-electron chi connectivity index (χ3n) is 4.32. The summed E-state index contributed by atoms with van der Waals surface area (Å²) in [5.74, 6) is 2.23. The molecule has 4 rings (SSSR count). The molecule has 2 N–H and O–H groups in total.